The summed E-state index contributed by atoms with van der Waals surface area (Å²) in [5.41, 5.74) is 4.05. The van der Waals surface area contributed by atoms with Crippen molar-refractivity contribution in [3.05, 3.63) is 65.4 Å². The summed E-state index contributed by atoms with van der Waals surface area (Å²) in [4.78, 5) is 11.0. The number of aliphatic hydroxyl groups is 1. The van der Waals surface area contributed by atoms with E-state index in [0.29, 0.717) is 17.1 Å². The highest BCUT2D eigenvalue weighted by Crippen LogP contribution is 2.25. The van der Waals surface area contributed by atoms with Crippen LogP contribution in [0.5, 0.6) is 0 Å². The average Bonchev–Trinajstić information content (AvgIpc) is 2.99. The molecule has 0 bridgehead atoms. The Bertz CT molecular complexity index is 837. The second-order valence-corrected chi connectivity index (χ2v) is 5.17. The van der Waals surface area contributed by atoms with Crippen LogP contribution in [0.25, 0.3) is 16.9 Å². The Balaban J connectivity index is 2.11. The molecule has 0 fully saturated rings. The van der Waals surface area contributed by atoms with Gasteiger partial charge >= 0.3 is 5.97 Å². The Kier molecular flexibility index (Phi) is 3.91. The summed E-state index contributed by atoms with van der Waals surface area (Å²) in [5.74, 6) is -0.982. The lowest BCUT2D eigenvalue weighted by Gasteiger charge is -2.08. The lowest BCUT2D eigenvalue weighted by Crippen LogP contribution is -2.02. The molecule has 1 heterocycles. The molecule has 116 valence electrons. The van der Waals surface area contributed by atoms with E-state index >= 15 is 0 Å². The van der Waals surface area contributed by atoms with E-state index in [-0.39, 0.29) is 12.2 Å². The summed E-state index contributed by atoms with van der Waals surface area (Å²) in [5, 5.41) is 26.6. The van der Waals surface area contributed by atoms with Crippen molar-refractivity contribution in [1.82, 2.24) is 15.0 Å². The molecule has 0 aliphatic heterocycles. The third-order valence-corrected chi connectivity index (χ3v) is 3.57. The number of benzene rings is 2. The Morgan fingerprint density at radius 1 is 1.09 bits per heavy atom. The number of carbonyl (C=O) groups is 1. The van der Waals surface area contributed by atoms with Crippen molar-refractivity contribution in [2.75, 3.05) is 0 Å². The largest absolute Gasteiger partial charge is 0.478 e. The molecular formula is C17H15N3O3. The molecule has 0 aliphatic carbocycles. The van der Waals surface area contributed by atoms with Crippen molar-refractivity contribution in [2.45, 2.75) is 13.5 Å². The minimum absolute atomic E-state index is 0.202. The smallest absolute Gasteiger partial charge is 0.335 e. The van der Waals surface area contributed by atoms with Gasteiger partial charge in [-0.3, -0.25) is 0 Å². The zero-order valence-electron chi connectivity index (χ0n) is 12.5. The van der Waals surface area contributed by atoms with Crippen molar-refractivity contribution in [3.63, 3.8) is 0 Å². The number of aryl methyl sites for hydroxylation is 1. The van der Waals surface area contributed by atoms with E-state index in [1.54, 1.807) is 16.8 Å². The van der Waals surface area contributed by atoms with Crippen molar-refractivity contribution < 1.29 is 15.0 Å². The average molecular weight is 309 g/mol. The van der Waals surface area contributed by atoms with Gasteiger partial charge in [-0.15, -0.1) is 5.10 Å². The Labute approximate surface area is 132 Å². The minimum atomic E-state index is -0.982. The predicted octanol–water partition coefficient (Wildman–Crippen LogP) is 2.43. The molecule has 0 aliphatic rings. The first kappa shape index (κ1) is 14.9. The molecule has 0 radical (unpaired) electrons. The minimum Gasteiger partial charge on any atom is -0.478 e. The molecule has 2 N–H and O–H groups in total. The van der Waals surface area contributed by atoms with Gasteiger partial charge in [-0.1, -0.05) is 35.0 Å². The number of carboxylic acids is 1. The molecule has 0 saturated heterocycles. The van der Waals surface area contributed by atoms with E-state index in [9.17, 15) is 9.90 Å². The summed E-state index contributed by atoms with van der Waals surface area (Å²) in [6.45, 7) is 1.77. The van der Waals surface area contributed by atoms with E-state index in [1.165, 1.54) is 12.1 Å². The van der Waals surface area contributed by atoms with Crippen molar-refractivity contribution in [2.24, 2.45) is 0 Å². The van der Waals surface area contributed by atoms with Gasteiger partial charge in [0.05, 0.1) is 17.9 Å². The standard InChI is InChI=1S/C17H15N3O3/c1-11-2-4-12(5-3-11)16-15(10-21)18-19-20(16)14-8-6-13(7-9-14)17(22)23/h2-9,21H,10H2,1H3,(H,22,23). The number of nitrogens with zero attached hydrogens (tertiary/aromatic N) is 3. The van der Waals surface area contributed by atoms with Crippen molar-refractivity contribution in [3.8, 4) is 16.9 Å². The van der Waals surface area contributed by atoms with E-state index in [2.05, 4.69) is 10.3 Å². The Morgan fingerprint density at radius 3 is 2.30 bits per heavy atom. The number of aliphatic hydroxyl groups excluding tert-OH is 1. The maximum absolute atomic E-state index is 11.0. The number of hydrogen-bond donors (Lipinski definition) is 2. The molecular weight excluding hydrogens is 294 g/mol. The summed E-state index contributed by atoms with van der Waals surface area (Å²) < 4.78 is 1.60. The normalized spacial score (nSPS) is 10.7. The molecule has 0 unspecified atom stereocenters. The lowest BCUT2D eigenvalue weighted by atomic mass is 10.1. The molecule has 0 amide bonds. The monoisotopic (exact) mass is 309 g/mol. The molecule has 6 heteroatoms. The zero-order chi connectivity index (χ0) is 16.4. The van der Waals surface area contributed by atoms with E-state index in [0.717, 1.165) is 11.1 Å². The molecule has 1 aromatic heterocycles. The van der Waals surface area contributed by atoms with Crippen molar-refractivity contribution in [1.29, 1.82) is 0 Å². The van der Waals surface area contributed by atoms with Crippen LogP contribution < -0.4 is 0 Å². The van der Waals surface area contributed by atoms with Crippen LogP contribution in [0.4, 0.5) is 0 Å². The van der Waals surface area contributed by atoms with Gasteiger partial charge in [0.2, 0.25) is 0 Å². The van der Waals surface area contributed by atoms with Crippen LogP contribution in [0, 0.1) is 6.92 Å². The van der Waals surface area contributed by atoms with Crippen LogP contribution in [-0.2, 0) is 6.61 Å². The summed E-state index contributed by atoms with van der Waals surface area (Å²) >= 11 is 0. The zero-order valence-corrected chi connectivity index (χ0v) is 12.5. The fourth-order valence-electron chi connectivity index (χ4n) is 2.35. The Morgan fingerprint density at radius 2 is 1.74 bits per heavy atom. The van der Waals surface area contributed by atoms with E-state index in [4.69, 9.17) is 5.11 Å². The van der Waals surface area contributed by atoms with Crippen LogP contribution in [0.3, 0.4) is 0 Å². The first-order chi connectivity index (χ1) is 11.1. The highest BCUT2D eigenvalue weighted by Gasteiger charge is 2.16. The van der Waals surface area contributed by atoms with Gasteiger partial charge in [0, 0.05) is 5.56 Å². The third-order valence-electron chi connectivity index (χ3n) is 3.57. The first-order valence-corrected chi connectivity index (χ1v) is 7.06. The van der Waals surface area contributed by atoms with Crippen LogP contribution in [0.1, 0.15) is 21.6 Å². The highest BCUT2D eigenvalue weighted by molar-refractivity contribution is 5.87. The number of rotatable bonds is 4. The lowest BCUT2D eigenvalue weighted by molar-refractivity contribution is 0.0697. The van der Waals surface area contributed by atoms with Crippen LogP contribution in [0.2, 0.25) is 0 Å². The molecule has 0 saturated carbocycles. The topological polar surface area (TPSA) is 88.2 Å². The molecule has 3 aromatic rings. The SMILES string of the molecule is Cc1ccc(-c2c(CO)nnn2-c2ccc(C(=O)O)cc2)cc1. The molecule has 23 heavy (non-hydrogen) atoms. The number of aromatic nitrogens is 3. The first-order valence-electron chi connectivity index (χ1n) is 7.06. The van der Waals surface area contributed by atoms with Gasteiger partial charge in [-0.25, -0.2) is 9.48 Å². The number of aromatic carboxylic acids is 1. The highest BCUT2D eigenvalue weighted by atomic mass is 16.4. The summed E-state index contributed by atoms with van der Waals surface area (Å²) in [7, 11) is 0. The maximum Gasteiger partial charge on any atom is 0.335 e. The van der Waals surface area contributed by atoms with Crippen molar-refractivity contribution >= 4 is 5.97 Å². The number of hydrogen-bond acceptors (Lipinski definition) is 4. The summed E-state index contributed by atoms with van der Waals surface area (Å²) in [6, 6.07) is 14.2. The second-order valence-electron chi connectivity index (χ2n) is 5.17. The fraction of sp³-hybridized carbons (Fsp3) is 0.118. The quantitative estimate of drug-likeness (QED) is 0.772. The van der Waals surface area contributed by atoms with Crippen LogP contribution in [-0.4, -0.2) is 31.2 Å². The Hall–Kier alpha value is -2.99. The van der Waals surface area contributed by atoms with Gasteiger partial charge in [-0.05, 0) is 31.2 Å². The second kappa shape index (κ2) is 6.02. The van der Waals surface area contributed by atoms with Gasteiger partial charge in [0.15, 0.2) is 0 Å². The number of carboxylic acid groups (broad SMARTS) is 1. The van der Waals surface area contributed by atoms with Gasteiger partial charge in [0.25, 0.3) is 0 Å². The van der Waals surface area contributed by atoms with Gasteiger partial charge < -0.3 is 10.2 Å². The van der Waals surface area contributed by atoms with E-state index in [1.807, 2.05) is 31.2 Å². The van der Waals surface area contributed by atoms with Gasteiger partial charge in [-0.2, -0.15) is 0 Å². The van der Waals surface area contributed by atoms with Crippen LogP contribution >= 0.6 is 0 Å². The van der Waals surface area contributed by atoms with Crippen LogP contribution in [0.15, 0.2) is 48.5 Å². The predicted molar refractivity (Wildman–Crippen MR) is 84.4 cm³/mol. The molecule has 0 atom stereocenters. The molecule has 2 aromatic carbocycles. The molecule has 0 spiro atoms. The fourth-order valence-corrected chi connectivity index (χ4v) is 2.35. The molecule has 6 nitrogen and oxygen atoms in total. The van der Waals surface area contributed by atoms with Gasteiger partial charge in [0.1, 0.15) is 11.4 Å². The maximum atomic E-state index is 11.0. The summed E-state index contributed by atoms with van der Waals surface area (Å²) in [6.07, 6.45) is 0. The van der Waals surface area contributed by atoms with E-state index < -0.39 is 5.97 Å². The third kappa shape index (κ3) is 2.84. The molecule has 3 rings (SSSR count).